The van der Waals surface area contributed by atoms with E-state index in [2.05, 4.69) is 27.4 Å². The fourth-order valence-electron chi connectivity index (χ4n) is 3.87. The van der Waals surface area contributed by atoms with Crippen LogP contribution in [-0.4, -0.2) is 15.9 Å². The van der Waals surface area contributed by atoms with Crippen molar-refractivity contribution < 1.29 is 9.53 Å². The molecule has 32 heavy (non-hydrogen) atoms. The Bertz CT molecular complexity index is 1200. The molecule has 160 valence electrons. The number of carbonyl (C=O) groups is 1. The first-order valence-electron chi connectivity index (χ1n) is 10.7. The summed E-state index contributed by atoms with van der Waals surface area (Å²) >= 11 is 0. The highest BCUT2D eigenvalue weighted by Crippen LogP contribution is 2.47. The van der Waals surface area contributed by atoms with Crippen molar-refractivity contribution in [3.8, 4) is 22.8 Å². The summed E-state index contributed by atoms with van der Waals surface area (Å²) in [6.07, 6.45) is 2.59. The summed E-state index contributed by atoms with van der Waals surface area (Å²) in [7, 11) is 0. The van der Waals surface area contributed by atoms with Crippen molar-refractivity contribution in [2.24, 2.45) is 5.92 Å². The number of benzene rings is 3. The predicted molar refractivity (Wildman–Crippen MR) is 124 cm³/mol. The number of amides is 1. The molecule has 2 unspecified atom stereocenters. The minimum Gasteiger partial charge on any atom is -0.457 e. The van der Waals surface area contributed by atoms with Gasteiger partial charge in [-0.1, -0.05) is 54.6 Å². The first-order valence-corrected chi connectivity index (χ1v) is 10.7. The molecule has 0 saturated heterocycles. The summed E-state index contributed by atoms with van der Waals surface area (Å²) in [6, 6.07) is 25.7. The number of nitrogen functional groups attached to an aromatic ring is 1. The van der Waals surface area contributed by atoms with Crippen LogP contribution in [0.4, 0.5) is 5.95 Å². The molecule has 0 bridgehead atoms. The molecule has 1 aliphatic carbocycles. The van der Waals surface area contributed by atoms with E-state index in [0.29, 0.717) is 12.5 Å². The van der Waals surface area contributed by atoms with Crippen LogP contribution >= 0.6 is 0 Å². The van der Waals surface area contributed by atoms with Crippen LogP contribution in [0.2, 0.25) is 0 Å². The number of nitrogens with one attached hydrogen (secondary N) is 2. The van der Waals surface area contributed by atoms with Gasteiger partial charge in [-0.3, -0.25) is 4.79 Å². The average molecular weight is 425 g/mol. The Hall–Kier alpha value is -4.06. The first-order chi connectivity index (χ1) is 15.7. The summed E-state index contributed by atoms with van der Waals surface area (Å²) < 4.78 is 5.84. The predicted octanol–water partition coefficient (Wildman–Crippen LogP) is 4.87. The summed E-state index contributed by atoms with van der Waals surface area (Å²) in [4.78, 5) is 19.6. The van der Waals surface area contributed by atoms with Crippen molar-refractivity contribution in [2.75, 3.05) is 5.73 Å². The summed E-state index contributed by atoms with van der Waals surface area (Å²) in [5, 5.41) is 3.06. The third kappa shape index (κ3) is 4.49. The Labute approximate surface area is 186 Å². The van der Waals surface area contributed by atoms with Crippen LogP contribution in [0.3, 0.4) is 0 Å². The van der Waals surface area contributed by atoms with Crippen LogP contribution in [0.5, 0.6) is 11.5 Å². The van der Waals surface area contributed by atoms with Crippen molar-refractivity contribution in [1.29, 1.82) is 0 Å². The van der Waals surface area contributed by atoms with Gasteiger partial charge < -0.3 is 20.8 Å². The normalized spacial score (nSPS) is 17.0. The highest BCUT2D eigenvalue weighted by Gasteiger charge is 2.43. The molecule has 6 heteroatoms. The second-order valence-electron chi connectivity index (χ2n) is 8.03. The fraction of sp³-hybridized carbons (Fsp3) is 0.154. The molecule has 3 aromatic carbocycles. The number of nitrogens with two attached hydrogens (primary N) is 1. The molecule has 0 aliphatic heterocycles. The molecule has 4 aromatic rings. The molecular formula is C26H24N4O2. The molecular weight excluding hydrogens is 400 g/mol. The highest BCUT2D eigenvalue weighted by atomic mass is 16.5. The average Bonchev–Trinajstić information content (AvgIpc) is 3.52. The van der Waals surface area contributed by atoms with E-state index in [1.807, 2.05) is 66.7 Å². The molecule has 1 fully saturated rings. The third-order valence-corrected chi connectivity index (χ3v) is 5.74. The molecule has 1 heterocycles. The number of ether oxygens (including phenoxy) is 1. The van der Waals surface area contributed by atoms with Gasteiger partial charge in [0.2, 0.25) is 5.91 Å². The SMILES string of the molecule is Nc1ncc(-c2ccc(CNC(=O)C3CC3c3ccc(Oc4ccccc4)cc3)cc2)[nH]1. The Kier molecular flexibility index (Phi) is 5.34. The lowest BCUT2D eigenvalue weighted by atomic mass is 10.1. The Morgan fingerprint density at radius 2 is 1.72 bits per heavy atom. The van der Waals surface area contributed by atoms with Gasteiger partial charge in [0.05, 0.1) is 11.9 Å². The number of anilines is 1. The molecule has 0 radical (unpaired) electrons. The quantitative estimate of drug-likeness (QED) is 0.395. The van der Waals surface area contributed by atoms with E-state index < -0.39 is 0 Å². The van der Waals surface area contributed by atoms with Gasteiger partial charge in [-0.2, -0.15) is 0 Å². The maximum Gasteiger partial charge on any atom is 0.224 e. The van der Waals surface area contributed by atoms with Crippen molar-refractivity contribution in [3.63, 3.8) is 0 Å². The van der Waals surface area contributed by atoms with E-state index in [0.717, 1.165) is 34.7 Å². The Morgan fingerprint density at radius 3 is 2.41 bits per heavy atom. The second-order valence-corrected chi connectivity index (χ2v) is 8.03. The smallest absolute Gasteiger partial charge is 0.224 e. The number of rotatable bonds is 7. The molecule has 1 aliphatic rings. The lowest BCUT2D eigenvalue weighted by molar-refractivity contribution is -0.122. The number of H-pyrrole nitrogens is 1. The number of hydrogen-bond acceptors (Lipinski definition) is 4. The van der Waals surface area contributed by atoms with Crippen molar-refractivity contribution in [2.45, 2.75) is 18.9 Å². The van der Waals surface area contributed by atoms with Crippen molar-refractivity contribution in [3.05, 3.63) is 96.2 Å². The largest absolute Gasteiger partial charge is 0.457 e. The van der Waals surface area contributed by atoms with Crippen LogP contribution in [0, 0.1) is 5.92 Å². The van der Waals surface area contributed by atoms with E-state index in [4.69, 9.17) is 10.5 Å². The fourth-order valence-corrected chi connectivity index (χ4v) is 3.87. The zero-order valence-corrected chi connectivity index (χ0v) is 17.5. The van der Waals surface area contributed by atoms with Gasteiger partial charge in [0.15, 0.2) is 5.95 Å². The number of nitrogens with zero attached hydrogens (tertiary/aromatic N) is 1. The Balaban J connectivity index is 1.12. The number of carbonyl (C=O) groups excluding carboxylic acids is 1. The molecule has 6 nitrogen and oxygen atoms in total. The summed E-state index contributed by atoms with van der Waals surface area (Å²) in [5.74, 6) is 2.41. The maximum atomic E-state index is 12.6. The Morgan fingerprint density at radius 1 is 1.00 bits per heavy atom. The molecule has 1 amide bonds. The molecule has 5 rings (SSSR count). The van der Waals surface area contributed by atoms with Gasteiger partial charge in [-0.25, -0.2) is 4.98 Å². The lowest BCUT2D eigenvalue weighted by Gasteiger charge is -2.08. The minimum atomic E-state index is 0.0307. The zero-order chi connectivity index (χ0) is 21.9. The number of aromatic nitrogens is 2. The number of para-hydroxylation sites is 1. The molecule has 4 N–H and O–H groups in total. The maximum absolute atomic E-state index is 12.6. The van der Waals surface area contributed by atoms with Crippen LogP contribution in [-0.2, 0) is 11.3 Å². The van der Waals surface area contributed by atoms with Gasteiger partial charge in [-0.05, 0) is 53.3 Å². The molecule has 0 spiro atoms. The number of hydrogen-bond donors (Lipinski definition) is 3. The van der Waals surface area contributed by atoms with E-state index in [9.17, 15) is 4.79 Å². The molecule has 1 saturated carbocycles. The van der Waals surface area contributed by atoms with Gasteiger partial charge in [0.1, 0.15) is 11.5 Å². The van der Waals surface area contributed by atoms with E-state index in [1.54, 1.807) is 6.20 Å². The van der Waals surface area contributed by atoms with Crippen LogP contribution in [0.15, 0.2) is 85.1 Å². The summed E-state index contributed by atoms with van der Waals surface area (Å²) in [5.41, 5.74) is 9.74. The third-order valence-electron chi connectivity index (χ3n) is 5.74. The molecule has 2 atom stereocenters. The lowest BCUT2D eigenvalue weighted by Crippen LogP contribution is -2.24. The van der Waals surface area contributed by atoms with Gasteiger partial charge in [0, 0.05) is 12.5 Å². The zero-order valence-electron chi connectivity index (χ0n) is 17.5. The van der Waals surface area contributed by atoms with Crippen molar-refractivity contribution >= 4 is 11.9 Å². The van der Waals surface area contributed by atoms with Crippen LogP contribution in [0.25, 0.3) is 11.3 Å². The number of aromatic amines is 1. The monoisotopic (exact) mass is 424 g/mol. The van der Waals surface area contributed by atoms with Crippen LogP contribution < -0.4 is 15.8 Å². The highest BCUT2D eigenvalue weighted by molar-refractivity contribution is 5.82. The van der Waals surface area contributed by atoms with Crippen LogP contribution in [0.1, 0.15) is 23.5 Å². The van der Waals surface area contributed by atoms with Gasteiger partial charge in [-0.15, -0.1) is 0 Å². The van der Waals surface area contributed by atoms with Gasteiger partial charge in [0.25, 0.3) is 0 Å². The first kappa shape index (κ1) is 19.9. The topological polar surface area (TPSA) is 93.0 Å². The molecule has 1 aromatic heterocycles. The summed E-state index contributed by atoms with van der Waals surface area (Å²) in [6.45, 7) is 0.511. The second kappa shape index (κ2) is 8.59. The van der Waals surface area contributed by atoms with Gasteiger partial charge >= 0.3 is 0 Å². The standard InChI is InChI=1S/C26H24N4O2/c27-26-29-16-24(30-26)19-8-6-17(7-9-19)15-28-25(31)23-14-22(23)18-10-12-21(13-11-18)32-20-4-2-1-3-5-20/h1-13,16,22-23H,14-15H2,(H,28,31)(H3,27,29,30). The minimum absolute atomic E-state index is 0.0307. The van der Waals surface area contributed by atoms with E-state index in [1.165, 1.54) is 5.56 Å². The number of imidazole rings is 1. The van der Waals surface area contributed by atoms with E-state index >= 15 is 0 Å². The van der Waals surface area contributed by atoms with Crippen molar-refractivity contribution in [1.82, 2.24) is 15.3 Å². The van der Waals surface area contributed by atoms with E-state index in [-0.39, 0.29) is 17.7 Å².